The normalized spacial score (nSPS) is 11.4. The quantitative estimate of drug-likeness (QED) is 0.445. The summed E-state index contributed by atoms with van der Waals surface area (Å²) in [7, 11) is -4.05. The lowest BCUT2D eigenvalue weighted by Gasteiger charge is -2.09. The van der Waals surface area contributed by atoms with Crippen molar-refractivity contribution < 1.29 is 13.2 Å². The van der Waals surface area contributed by atoms with Gasteiger partial charge in [-0.15, -0.1) is 11.3 Å². The Bertz CT molecular complexity index is 1470. The Kier molecular flexibility index (Phi) is 5.67. The molecule has 2 N–H and O–H groups in total. The Morgan fingerprint density at radius 1 is 1.06 bits per heavy atom. The van der Waals surface area contributed by atoms with Crippen LogP contribution >= 0.6 is 34.5 Å². The molecule has 9 nitrogen and oxygen atoms in total. The molecule has 0 unspecified atom stereocenters. The van der Waals surface area contributed by atoms with Crippen molar-refractivity contribution in [2.45, 2.75) is 4.21 Å². The lowest BCUT2D eigenvalue weighted by molar-refractivity contribution is 0.256. The molecular weight excluding hydrogens is 485 g/mol. The van der Waals surface area contributed by atoms with Gasteiger partial charge >= 0.3 is 6.03 Å². The number of carbonyl (C=O) groups is 1. The maximum atomic E-state index is 12.7. The van der Waals surface area contributed by atoms with Crippen molar-refractivity contribution in [1.29, 1.82) is 0 Å². The van der Waals surface area contributed by atoms with E-state index in [0.717, 1.165) is 11.3 Å². The van der Waals surface area contributed by atoms with Crippen LogP contribution in [0.4, 0.5) is 10.5 Å². The molecule has 3 aromatic heterocycles. The summed E-state index contributed by atoms with van der Waals surface area (Å²) < 4.78 is 27.6. The third-order valence-corrected chi connectivity index (χ3v) is 7.30. The summed E-state index contributed by atoms with van der Waals surface area (Å²) in [4.78, 5) is 33.1. The number of hydrogen-bond donors (Lipinski definition) is 2. The monoisotopic (exact) mass is 495 g/mol. The first-order chi connectivity index (χ1) is 14.7. The molecule has 31 heavy (non-hydrogen) atoms. The van der Waals surface area contributed by atoms with Crippen molar-refractivity contribution in [3.05, 3.63) is 74.7 Å². The molecule has 0 spiro atoms. The highest BCUT2D eigenvalue weighted by Crippen LogP contribution is 2.25. The Morgan fingerprint density at radius 2 is 1.87 bits per heavy atom. The second-order valence-electron chi connectivity index (χ2n) is 6.10. The number of benzene rings is 1. The number of aromatic nitrogens is 3. The molecule has 2 amide bonds. The number of halogens is 2. The van der Waals surface area contributed by atoms with E-state index in [4.69, 9.17) is 23.2 Å². The highest BCUT2D eigenvalue weighted by atomic mass is 35.5. The number of fused-ring (bicyclic) bond motifs is 1. The second-order valence-corrected chi connectivity index (χ2v) is 10.2. The predicted octanol–water partition coefficient (Wildman–Crippen LogP) is 3.66. The second kappa shape index (κ2) is 8.27. The summed E-state index contributed by atoms with van der Waals surface area (Å²) in [6, 6.07) is 9.44. The summed E-state index contributed by atoms with van der Waals surface area (Å²) in [6.45, 7) is 0. The largest absolute Gasteiger partial charge is 0.333 e. The summed E-state index contributed by atoms with van der Waals surface area (Å²) in [5.74, 6) is 0.265. The van der Waals surface area contributed by atoms with Crippen molar-refractivity contribution in [3.63, 3.8) is 0 Å². The van der Waals surface area contributed by atoms with Gasteiger partial charge < -0.3 is 5.32 Å². The molecule has 4 aromatic rings. The zero-order valence-electron chi connectivity index (χ0n) is 15.2. The van der Waals surface area contributed by atoms with E-state index >= 15 is 0 Å². The first-order valence-electron chi connectivity index (χ1n) is 8.45. The summed E-state index contributed by atoms with van der Waals surface area (Å²) >= 11 is 12.5. The Hall–Kier alpha value is -2.99. The van der Waals surface area contributed by atoms with Crippen molar-refractivity contribution in [2.75, 3.05) is 5.32 Å². The summed E-state index contributed by atoms with van der Waals surface area (Å²) in [6.07, 6.45) is 2.60. The number of hydrogen-bond acceptors (Lipinski definition) is 7. The summed E-state index contributed by atoms with van der Waals surface area (Å²) in [5.41, 5.74) is 0.333. The summed E-state index contributed by atoms with van der Waals surface area (Å²) in [5, 5.41) is 3.20. The molecule has 3 heterocycles. The van der Waals surface area contributed by atoms with Crippen LogP contribution in [0, 0.1) is 0 Å². The first kappa shape index (κ1) is 21.2. The van der Waals surface area contributed by atoms with Gasteiger partial charge in [0.2, 0.25) is 0 Å². The fourth-order valence-corrected chi connectivity index (χ4v) is 5.19. The van der Waals surface area contributed by atoms with E-state index in [-0.39, 0.29) is 25.6 Å². The molecule has 0 saturated carbocycles. The van der Waals surface area contributed by atoms with Crippen LogP contribution < -0.4 is 15.6 Å². The number of carbonyl (C=O) groups excluding carboxylic acids is 1. The molecule has 13 heteroatoms. The van der Waals surface area contributed by atoms with Crippen LogP contribution in [0.3, 0.4) is 0 Å². The molecule has 4 rings (SSSR count). The number of sulfonamides is 1. The van der Waals surface area contributed by atoms with Gasteiger partial charge in [-0.2, -0.15) is 0 Å². The van der Waals surface area contributed by atoms with Gasteiger partial charge in [0.15, 0.2) is 0 Å². The number of anilines is 1. The highest BCUT2D eigenvalue weighted by Gasteiger charge is 2.20. The molecule has 0 bridgehead atoms. The van der Waals surface area contributed by atoms with E-state index in [1.54, 1.807) is 18.2 Å². The van der Waals surface area contributed by atoms with Crippen LogP contribution in [0.1, 0.15) is 0 Å². The van der Waals surface area contributed by atoms with E-state index in [1.807, 2.05) is 4.72 Å². The van der Waals surface area contributed by atoms with Crippen molar-refractivity contribution >= 4 is 67.2 Å². The lowest BCUT2D eigenvalue weighted by Crippen LogP contribution is -2.34. The fourth-order valence-electron chi connectivity index (χ4n) is 2.63. The predicted molar refractivity (Wildman–Crippen MR) is 119 cm³/mol. The minimum Gasteiger partial charge on any atom is -0.306 e. The van der Waals surface area contributed by atoms with Gasteiger partial charge in [-0.25, -0.2) is 27.9 Å². The number of nitrogens with one attached hydrogen (secondary N) is 2. The Balaban J connectivity index is 1.52. The molecule has 0 radical (unpaired) electrons. The standard InChI is InChI=1S/C18H11Cl2N5O4S2/c19-10-1-3-12-13(7-10)22-9-25(17(12)26)15-5-2-11(8-21-15)23-18(27)24-31(28,29)16-6-4-14(20)30-16/h1-9H,(H2,23,24,27). The van der Waals surface area contributed by atoms with Crippen molar-refractivity contribution in [2.24, 2.45) is 0 Å². The Morgan fingerprint density at radius 3 is 2.55 bits per heavy atom. The highest BCUT2D eigenvalue weighted by molar-refractivity contribution is 7.92. The topological polar surface area (TPSA) is 123 Å². The molecule has 0 aliphatic carbocycles. The molecule has 0 saturated heterocycles. The molecule has 158 valence electrons. The minimum absolute atomic E-state index is 0.0920. The van der Waals surface area contributed by atoms with Crippen molar-refractivity contribution in [1.82, 2.24) is 19.3 Å². The lowest BCUT2D eigenvalue weighted by atomic mass is 10.2. The number of urea groups is 1. The maximum absolute atomic E-state index is 12.7. The molecule has 0 aliphatic heterocycles. The molecular formula is C18H11Cl2N5O4S2. The third kappa shape index (κ3) is 4.54. The van der Waals surface area contributed by atoms with Crippen LogP contribution in [0.5, 0.6) is 0 Å². The minimum atomic E-state index is -4.05. The van der Waals surface area contributed by atoms with Crippen LogP contribution in [0.15, 0.2) is 64.0 Å². The SMILES string of the molecule is O=C(Nc1ccc(-n2cnc3cc(Cl)ccc3c2=O)nc1)NS(=O)(=O)c1ccc(Cl)s1. The van der Waals surface area contributed by atoms with E-state index in [1.165, 1.54) is 41.4 Å². The van der Waals surface area contributed by atoms with Crippen LogP contribution in [0.25, 0.3) is 16.7 Å². The van der Waals surface area contributed by atoms with Gasteiger partial charge in [0.05, 0.1) is 27.1 Å². The number of amides is 2. The van der Waals surface area contributed by atoms with Gasteiger partial charge in [-0.3, -0.25) is 9.36 Å². The van der Waals surface area contributed by atoms with Gasteiger partial charge in [0, 0.05) is 5.02 Å². The number of nitrogens with zero attached hydrogens (tertiary/aromatic N) is 3. The number of thiophene rings is 1. The van der Waals surface area contributed by atoms with Crippen LogP contribution in [0.2, 0.25) is 9.36 Å². The van der Waals surface area contributed by atoms with Gasteiger partial charge in [-0.05, 0) is 42.5 Å². The number of rotatable bonds is 4. The molecule has 0 fully saturated rings. The average molecular weight is 496 g/mol. The first-order valence-corrected chi connectivity index (χ1v) is 11.5. The van der Waals surface area contributed by atoms with Crippen LogP contribution in [-0.2, 0) is 10.0 Å². The van der Waals surface area contributed by atoms with E-state index in [9.17, 15) is 18.0 Å². The van der Waals surface area contributed by atoms with Gasteiger partial charge in [0.1, 0.15) is 16.4 Å². The molecule has 0 atom stereocenters. The molecule has 0 aliphatic rings. The fraction of sp³-hybridized carbons (Fsp3) is 0. The van der Waals surface area contributed by atoms with Gasteiger partial charge in [0.25, 0.3) is 15.6 Å². The Labute approximate surface area is 189 Å². The third-order valence-electron chi connectivity index (χ3n) is 4.01. The van der Waals surface area contributed by atoms with Gasteiger partial charge in [-0.1, -0.05) is 23.2 Å². The van der Waals surface area contributed by atoms with E-state index < -0.39 is 16.1 Å². The number of pyridine rings is 1. The van der Waals surface area contributed by atoms with Crippen LogP contribution in [-0.4, -0.2) is 29.0 Å². The van der Waals surface area contributed by atoms with E-state index in [2.05, 4.69) is 15.3 Å². The van der Waals surface area contributed by atoms with E-state index in [0.29, 0.717) is 15.9 Å². The maximum Gasteiger partial charge on any atom is 0.333 e. The molecule has 1 aromatic carbocycles. The smallest absolute Gasteiger partial charge is 0.306 e. The zero-order valence-corrected chi connectivity index (χ0v) is 18.4. The zero-order chi connectivity index (χ0) is 22.2. The average Bonchev–Trinajstić information content (AvgIpc) is 3.16. The van der Waals surface area contributed by atoms with Crippen molar-refractivity contribution in [3.8, 4) is 5.82 Å².